The van der Waals surface area contributed by atoms with Gasteiger partial charge in [-0.1, -0.05) is 19.1 Å². The van der Waals surface area contributed by atoms with Gasteiger partial charge in [0.25, 0.3) is 0 Å². The van der Waals surface area contributed by atoms with Crippen molar-refractivity contribution in [3.05, 3.63) is 30.1 Å². The molecule has 0 aliphatic carbocycles. The lowest BCUT2D eigenvalue weighted by molar-refractivity contribution is 0.591. The molecule has 0 spiro atoms. The van der Waals surface area contributed by atoms with Crippen molar-refractivity contribution >= 4 is 18.3 Å². The highest BCUT2D eigenvalue weighted by Gasteiger charge is 2.11. The van der Waals surface area contributed by atoms with Crippen molar-refractivity contribution in [1.82, 2.24) is 0 Å². The van der Waals surface area contributed by atoms with Gasteiger partial charge in [0.1, 0.15) is 5.82 Å². The van der Waals surface area contributed by atoms with E-state index in [0.717, 1.165) is 18.8 Å². The normalized spacial score (nSPS) is 12.5. The van der Waals surface area contributed by atoms with E-state index in [2.05, 4.69) is 24.5 Å². The molecular formula is C12H18FNS. The topological polar surface area (TPSA) is 3.24 Å². The summed E-state index contributed by atoms with van der Waals surface area (Å²) in [5.74, 6) is 1.14. The van der Waals surface area contributed by atoms with E-state index in [1.807, 2.05) is 19.1 Å². The Bertz CT molecular complexity index is 303. The monoisotopic (exact) mass is 227 g/mol. The van der Waals surface area contributed by atoms with Gasteiger partial charge >= 0.3 is 0 Å². The van der Waals surface area contributed by atoms with Crippen LogP contribution in [0, 0.1) is 11.7 Å². The minimum atomic E-state index is -0.147. The molecule has 84 valence electrons. The van der Waals surface area contributed by atoms with Crippen molar-refractivity contribution < 1.29 is 4.39 Å². The van der Waals surface area contributed by atoms with Crippen LogP contribution in [-0.2, 0) is 0 Å². The van der Waals surface area contributed by atoms with Crippen LogP contribution in [0.1, 0.15) is 13.8 Å². The Morgan fingerprint density at radius 2 is 2.07 bits per heavy atom. The van der Waals surface area contributed by atoms with E-state index < -0.39 is 0 Å². The van der Waals surface area contributed by atoms with Crippen LogP contribution >= 0.6 is 12.6 Å². The summed E-state index contributed by atoms with van der Waals surface area (Å²) in [6, 6.07) is 6.91. The van der Waals surface area contributed by atoms with E-state index in [9.17, 15) is 4.39 Å². The second-order valence-corrected chi connectivity index (χ2v) is 4.14. The molecule has 1 aromatic rings. The molecule has 0 fully saturated rings. The van der Waals surface area contributed by atoms with E-state index in [-0.39, 0.29) is 5.82 Å². The molecule has 0 amide bonds. The standard InChI is InChI=1S/C12H18FNS/c1-3-14(8-10(2)9-15)12-7-5-4-6-11(12)13/h4-7,10,15H,3,8-9H2,1-2H3. The van der Waals surface area contributed by atoms with Crippen molar-refractivity contribution in [2.75, 3.05) is 23.7 Å². The molecule has 0 heterocycles. The lowest BCUT2D eigenvalue weighted by Gasteiger charge is -2.26. The van der Waals surface area contributed by atoms with Gasteiger partial charge < -0.3 is 4.90 Å². The molecule has 1 nitrogen and oxygen atoms in total. The molecule has 0 saturated carbocycles. The Hall–Kier alpha value is -0.700. The Morgan fingerprint density at radius 1 is 1.40 bits per heavy atom. The molecular weight excluding hydrogens is 209 g/mol. The van der Waals surface area contributed by atoms with Crippen molar-refractivity contribution in [1.29, 1.82) is 0 Å². The zero-order chi connectivity index (χ0) is 11.3. The predicted octanol–water partition coefficient (Wildman–Crippen LogP) is 3.22. The lowest BCUT2D eigenvalue weighted by atomic mass is 10.2. The Labute approximate surface area is 96.7 Å². The summed E-state index contributed by atoms with van der Waals surface area (Å²) in [6.45, 7) is 5.83. The molecule has 0 N–H and O–H groups in total. The number of hydrogen-bond donors (Lipinski definition) is 1. The van der Waals surface area contributed by atoms with Crippen LogP contribution in [0.3, 0.4) is 0 Å². The van der Waals surface area contributed by atoms with E-state index in [1.54, 1.807) is 6.07 Å². The summed E-state index contributed by atoms with van der Waals surface area (Å²) < 4.78 is 13.5. The van der Waals surface area contributed by atoms with E-state index in [1.165, 1.54) is 6.07 Å². The SMILES string of the molecule is CCN(CC(C)CS)c1ccccc1F. The maximum absolute atomic E-state index is 13.5. The van der Waals surface area contributed by atoms with Gasteiger partial charge in [0.15, 0.2) is 0 Å². The van der Waals surface area contributed by atoms with E-state index in [0.29, 0.717) is 11.6 Å². The molecule has 0 aromatic heterocycles. The number of para-hydroxylation sites is 1. The minimum absolute atomic E-state index is 0.147. The van der Waals surface area contributed by atoms with Crippen molar-refractivity contribution in [2.45, 2.75) is 13.8 Å². The van der Waals surface area contributed by atoms with Crippen LogP contribution in [0.4, 0.5) is 10.1 Å². The zero-order valence-corrected chi connectivity index (χ0v) is 10.2. The van der Waals surface area contributed by atoms with Gasteiger partial charge in [-0.3, -0.25) is 0 Å². The molecule has 0 bridgehead atoms. The smallest absolute Gasteiger partial charge is 0.146 e. The highest BCUT2D eigenvalue weighted by atomic mass is 32.1. The summed E-state index contributed by atoms with van der Waals surface area (Å²) >= 11 is 4.25. The average molecular weight is 227 g/mol. The Kier molecular flexibility index (Phi) is 4.95. The Morgan fingerprint density at radius 3 is 2.60 bits per heavy atom. The van der Waals surface area contributed by atoms with Gasteiger partial charge in [0.2, 0.25) is 0 Å². The largest absolute Gasteiger partial charge is 0.369 e. The molecule has 0 aliphatic rings. The van der Waals surface area contributed by atoms with E-state index in [4.69, 9.17) is 0 Å². The first-order valence-electron chi connectivity index (χ1n) is 5.29. The van der Waals surface area contributed by atoms with Crippen molar-refractivity contribution in [2.24, 2.45) is 5.92 Å². The fourth-order valence-corrected chi connectivity index (χ4v) is 1.66. The predicted molar refractivity (Wildman–Crippen MR) is 67.3 cm³/mol. The summed E-state index contributed by atoms with van der Waals surface area (Å²) in [5.41, 5.74) is 0.689. The molecule has 3 heteroatoms. The molecule has 1 unspecified atom stereocenters. The molecule has 15 heavy (non-hydrogen) atoms. The van der Waals surface area contributed by atoms with Crippen LogP contribution in [0.5, 0.6) is 0 Å². The second kappa shape index (κ2) is 6.01. The fraction of sp³-hybridized carbons (Fsp3) is 0.500. The van der Waals surface area contributed by atoms with Gasteiger partial charge in [-0.15, -0.1) is 0 Å². The quantitative estimate of drug-likeness (QED) is 0.756. The molecule has 0 aliphatic heterocycles. The first-order valence-corrected chi connectivity index (χ1v) is 5.92. The third kappa shape index (κ3) is 3.42. The average Bonchev–Trinajstić information content (AvgIpc) is 2.26. The van der Waals surface area contributed by atoms with Gasteiger partial charge in [-0.05, 0) is 30.7 Å². The van der Waals surface area contributed by atoms with Gasteiger partial charge in [0, 0.05) is 13.1 Å². The lowest BCUT2D eigenvalue weighted by Crippen LogP contribution is -2.29. The van der Waals surface area contributed by atoms with Crippen molar-refractivity contribution in [3.63, 3.8) is 0 Å². The molecule has 1 aromatic carbocycles. The first kappa shape index (κ1) is 12.4. The van der Waals surface area contributed by atoms with Crippen LogP contribution < -0.4 is 4.90 Å². The van der Waals surface area contributed by atoms with E-state index >= 15 is 0 Å². The molecule has 0 radical (unpaired) electrons. The number of thiol groups is 1. The molecule has 1 rings (SSSR count). The summed E-state index contributed by atoms with van der Waals surface area (Å²) in [4.78, 5) is 2.05. The van der Waals surface area contributed by atoms with Crippen LogP contribution in [-0.4, -0.2) is 18.8 Å². The number of rotatable bonds is 5. The Balaban J connectivity index is 2.78. The number of hydrogen-bond acceptors (Lipinski definition) is 2. The first-order chi connectivity index (χ1) is 7.19. The van der Waals surface area contributed by atoms with Crippen molar-refractivity contribution in [3.8, 4) is 0 Å². The number of halogens is 1. The summed E-state index contributed by atoms with van der Waals surface area (Å²) in [6.07, 6.45) is 0. The third-order valence-electron chi connectivity index (χ3n) is 2.42. The number of anilines is 1. The van der Waals surface area contributed by atoms with Crippen LogP contribution in [0.15, 0.2) is 24.3 Å². The maximum atomic E-state index is 13.5. The highest BCUT2D eigenvalue weighted by Crippen LogP contribution is 2.19. The van der Waals surface area contributed by atoms with Gasteiger partial charge in [-0.25, -0.2) is 4.39 Å². The maximum Gasteiger partial charge on any atom is 0.146 e. The van der Waals surface area contributed by atoms with Crippen LogP contribution in [0.2, 0.25) is 0 Å². The number of nitrogens with zero attached hydrogens (tertiary/aromatic N) is 1. The zero-order valence-electron chi connectivity index (χ0n) is 9.28. The minimum Gasteiger partial charge on any atom is -0.369 e. The van der Waals surface area contributed by atoms with Gasteiger partial charge in [-0.2, -0.15) is 12.6 Å². The van der Waals surface area contributed by atoms with Gasteiger partial charge in [0.05, 0.1) is 5.69 Å². The molecule has 0 saturated heterocycles. The second-order valence-electron chi connectivity index (χ2n) is 3.78. The summed E-state index contributed by atoms with van der Waals surface area (Å²) in [5, 5.41) is 0. The van der Waals surface area contributed by atoms with Crippen LogP contribution in [0.25, 0.3) is 0 Å². The highest BCUT2D eigenvalue weighted by molar-refractivity contribution is 7.80. The molecule has 1 atom stereocenters. The fourth-order valence-electron chi connectivity index (χ4n) is 1.54. The number of benzene rings is 1. The summed E-state index contributed by atoms with van der Waals surface area (Å²) in [7, 11) is 0. The third-order valence-corrected chi connectivity index (χ3v) is 3.04.